The average Bonchev–Trinajstić information content (AvgIpc) is 3.11. The molecule has 0 radical (unpaired) electrons. The van der Waals surface area contributed by atoms with E-state index in [2.05, 4.69) is 6.08 Å². The number of Topliss-reactive ketones (excluding diaryl/α,β-unsaturated/α-hetero) is 2. The lowest BCUT2D eigenvalue weighted by atomic mass is 9.51. The van der Waals surface area contributed by atoms with Gasteiger partial charge in [0.05, 0.1) is 17.3 Å². The number of carbonyl (C=O) groups excluding carboxylic acids is 2. The summed E-state index contributed by atoms with van der Waals surface area (Å²) in [5.41, 5.74) is -1.83. The Morgan fingerprint density at radius 1 is 1.00 bits per heavy atom. The van der Waals surface area contributed by atoms with Crippen LogP contribution in [0.25, 0.3) is 0 Å². The summed E-state index contributed by atoms with van der Waals surface area (Å²) in [6, 6.07) is 0. The molecule has 47 heavy (non-hydrogen) atoms. The van der Waals surface area contributed by atoms with Crippen LogP contribution in [-0.4, -0.2) is 55.3 Å². The summed E-state index contributed by atoms with van der Waals surface area (Å²) in [6.07, 6.45) is 8.28. The molecule has 1 spiro atoms. The molecule has 6 atom stereocenters. The number of aliphatic carboxylic acids is 1. The van der Waals surface area contributed by atoms with Crippen molar-refractivity contribution < 1.29 is 43.9 Å². The number of carbonyl (C=O) groups is 3. The highest BCUT2D eigenvalue weighted by Crippen LogP contribution is 2.69. The van der Waals surface area contributed by atoms with Crippen LogP contribution in [0.15, 0.2) is 46.6 Å². The average molecular weight is 647 g/mol. The molecule has 3 aliphatic carbocycles. The molecule has 3 heterocycles. The first-order chi connectivity index (χ1) is 21.9. The van der Waals surface area contributed by atoms with Gasteiger partial charge in [0.25, 0.3) is 0 Å². The molecule has 3 aliphatic heterocycles. The Morgan fingerprint density at radius 3 is 2.32 bits per heavy atom. The fourth-order valence-electron chi connectivity index (χ4n) is 8.64. The molecule has 0 amide bonds. The number of benzene rings is 1. The van der Waals surface area contributed by atoms with E-state index in [1.165, 1.54) is 18.6 Å². The minimum Gasteiger partial charge on any atom is -0.506 e. The zero-order valence-corrected chi connectivity index (χ0v) is 28.6. The molecule has 4 bridgehead atoms. The van der Waals surface area contributed by atoms with Crippen molar-refractivity contribution in [3.63, 3.8) is 0 Å². The number of phenols is 1. The SMILES string of the molecule is CC(C)=CCC[C@]1(C)CC(O)c2c(O)c3c(c(CC=C(C)C)c2O1)O[C@]12C(=C[C@@H]4C[C@H]1C(C)(C)O[C@@]2(C/C=C(\C)C(=O)O)C4=O)C3=O. The smallest absolute Gasteiger partial charge is 0.330 e. The molecule has 3 N–H and O–H groups in total. The first kappa shape index (κ1) is 33.2. The maximum absolute atomic E-state index is 14.8. The molecular weight excluding hydrogens is 600 g/mol. The van der Waals surface area contributed by atoms with Crippen molar-refractivity contribution in [3.05, 3.63) is 63.3 Å². The summed E-state index contributed by atoms with van der Waals surface area (Å²) >= 11 is 0. The summed E-state index contributed by atoms with van der Waals surface area (Å²) in [5, 5.41) is 33.0. The first-order valence-electron chi connectivity index (χ1n) is 16.5. The first-order valence-corrected chi connectivity index (χ1v) is 16.5. The minimum absolute atomic E-state index is 0.0497. The monoisotopic (exact) mass is 646 g/mol. The van der Waals surface area contributed by atoms with Crippen molar-refractivity contribution in [3.8, 4) is 17.2 Å². The molecule has 1 aromatic carbocycles. The van der Waals surface area contributed by atoms with E-state index in [1.807, 2.05) is 54.5 Å². The van der Waals surface area contributed by atoms with Crippen molar-refractivity contribution in [1.29, 1.82) is 0 Å². The van der Waals surface area contributed by atoms with Crippen molar-refractivity contribution in [1.82, 2.24) is 0 Å². The Labute approximate surface area is 276 Å². The maximum Gasteiger partial charge on any atom is 0.330 e. The second-order valence-corrected chi connectivity index (χ2v) is 15.3. The standard InChI is InChI=1S/C38H46O9/c1-19(2)10-9-14-36(8)18-25(39)27-30(41)28-29(40)24-16-22-17-26-35(6,7)47-37(33(22)42,15-13-21(5)34(43)44)38(24,26)46-32(28)23(31(27)45-36)12-11-20(3)4/h10-11,13,16,22,25-26,39,41H,9,12,14-15,17-18H2,1-8H3,(H,43,44)/b21-13+/t22-,25?,26+,36-,37+,38-/m1/s1. The number of hydrogen-bond acceptors (Lipinski definition) is 8. The van der Waals surface area contributed by atoms with E-state index in [1.54, 1.807) is 6.08 Å². The van der Waals surface area contributed by atoms with Crippen LogP contribution in [0.1, 0.15) is 115 Å². The fraction of sp³-hybridized carbons (Fsp3) is 0.553. The predicted octanol–water partition coefficient (Wildman–Crippen LogP) is 6.65. The second-order valence-electron chi connectivity index (χ2n) is 15.3. The lowest BCUT2D eigenvalue weighted by Crippen LogP contribution is -2.72. The van der Waals surface area contributed by atoms with Gasteiger partial charge in [-0.25, -0.2) is 4.79 Å². The Morgan fingerprint density at radius 2 is 1.68 bits per heavy atom. The Bertz CT molecular complexity index is 1720. The highest BCUT2D eigenvalue weighted by atomic mass is 16.6. The van der Waals surface area contributed by atoms with Gasteiger partial charge in [-0.15, -0.1) is 0 Å². The molecule has 7 rings (SSSR count). The third-order valence-electron chi connectivity index (χ3n) is 10.9. The Balaban J connectivity index is 1.60. The molecule has 1 unspecified atom stereocenters. The van der Waals surface area contributed by atoms with E-state index in [9.17, 15) is 29.7 Å². The van der Waals surface area contributed by atoms with Gasteiger partial charge in [-0.1, -0.05) is 35.5 Å². The van der Waals surface area contributed by atoms with Crippen LogP contribution in [0, 0.1) is 11.8 Å². The molecule has 1 aromatic rings. The van der Waals surface area contributed by atoms with Crippen LogP contribution in [0.2, 0.25) is 0 Å². The minimum atomic E-state index is -1.67. The maximum atomic E-state index is 14.8. The molecule has 6 aliphatic rings. The van der Waals surface area contributed by atoms with Gasteiger partial charge in [0.1, 0.15) is 28.4 Å². The van der Waals surface area contributed by atoms with Crippen molar-refractivity contribution in [2.24, 2.45) is 11.8 Å². The van der Waals surface area contributed by atoms with Crippen LogP contribution >= 0.6 is 0 Å². The number of carboxylic acid groups (broad SMARTS) is 1. The van der Waals surface area contributed by atoms with E-state index in [-0.39, 0.29) is 64.6 Å². The molecule has 252 valence electrons. The van der Waals surface area contributed by atoms with Gasteiger partial charge in [0, 0.05) is 41.4 Å². The molecule has 9 heteroatoms. The van der Waals surface area contributed by atoms with Gasteiger partial charge in [-0.3, -0.25) is 9.59 Å². The molecular formula is C38H46O9. The van der Waals surface area contributed by atoms with Crippen molar-refractivity contribution >= 4 is 17.5 Å². The molecule has 1 saturated heterocycles. The molecule has 1 saturated carbocycles. The number of aliphatic hydroxyl groups excluding tert-OH is 1. The second kappa shape index (κ2) is 10.9. The van der Waals surface area contributed by atoms with Gasteiger partial charge in [0.2, 0.25) is 0 Å². The van der Waals surface area contributed by atoms with Crippen LogP contribution in [-0.2, 0) is 20.7 Å². The van der Waals surface area contributed by atoms with E-state index in [0.29, 0.717) is 18.4 Å². The number of carboxylic acids is 1. The molecule has 0 aromatic heterocycles. The van der Waals surface area contributed by atoms with Gasteiger partial charge in [0.15, 0.2) is 22.8 Å². The number of aliphatic hydroxyl groups is 1. The highest BCUT2D eigenvalue weighted by molar-refractivity contribution is 6.18. The Hall–Kier alpha value is -3.69. The topological polar surface area (TPSA) is 140 Å². The number of hydrogen-bond donors (Lipinski definition) is 3. The lowest BCUT2D eigenvalue weighted by Gasteiger charge is -2.56. The van der Waals surface area contributed by atoms with Crippen LogP contribution < -0.4 is 9.47 Å². The van der Waals surface area contributed by atoms with E-state index < -0.39 is 52.1 Å². The normalized spacial score (nSPS) is 32.7. The lowest BCUT2D eigenvalue weighted by molar-refractivity contribution is -0.171. The summed E-state index contributed by atoms with van der Waals surface area (Å²) in [6.45, 7) is 15.1. The largest absolute Gasteiger partial charge is 0.506 e. The van der Waals surface area contributed by atoms with Crippen LogP contribution in [0.5, 0.6) is 17.2 Å². The van der Waals surface area contributed by atoms with E-state index in [0.717, 1.165) is 12.0 Å². The third kappa shape index (κ3) is 4.75. The summed E-state index contributed by atoms with van der Waals surface area (Å²) < 4.78 is 20.6. The number of aromatic hydroxyl groups is 1. The van der Waals surface area contributed by atoms with Gasteiger partial charge in [-0.2, -0.15) is 0 Å². The zero-order chi connectivity index (χ0) is 34.4. The van der Waals surface area contributed by atoms with Gasteiger partial charge in [-0.05, 0) is 81.1 Å². The number of allylic oxidation sites excluding steroid dienone is 5. The van der Waals surface area contributed by atoms with E-state index >= 15 is 0 Å². The quantitative estimate of drug-likeness (QED) is 0.209. The van der Waals surface area contributed by atoms with Gasteiger partial charge < -0.3 is 29.5 Å². The van der Waals surface area contributed by atoms with Gasteiger partial charge >= 0.3 is 5.97 Å². The summed E-state index contributed by atoms with van der Waals surface area (Å²) in [7, 11) is 0. The third-order valence-corrected chi connectivity index (χ3v) is 10.9. The zero-order valence-electron chi connectivity index (χ0n) is 28.6. The highest BCUT2D eigenvalue weighted by Gasteiger charge is 2.81. The summed E-state index contributed by atoms with van der Waals surface area (Å²) in [5.74, 6) is -2.90. The summed E-state index contributed by atoms with van der Waals surface area (Å²) in [4.78, 5) is 40.9. The number of fused-ring (bicyclic) bond motifs is 2. The van der Waals surface area contributed by atoms with Crippen molar-refractivity contribution in [2.75, 3.05) is 0 Å². The number of rotatable bonds is 8. The number of ether oxygens (including phenoxy) is 3. The fourth-order valence-corrected chi connectivity index (χ4v) is 8.64. The predicted molar refractivity (Wildman–Crippen MR) is 175 cm³/mol. The number of ketones is 2. The van der Waals surface area contributed by atoms with Crippen LogP contribution in [0.3, 0.4) is 0 Å². The van der Waals surface area contributed by atoms with Crippen LogP contribution in [0.4, 0.5) is 0 Å². The van der Waals surface area contributed by atoms with E-state index in [4.69, 9.17) is 14.2 Å². The van der Waals surface area contributed by atoms with Crippen molar-refractivity contribution in [2.45, 2.75) is 122 Å². The molecule has 2 fully saturated rings. The molecule has 9 nitrogen and oxygen atoms in total. The Kier molecular flexibility index (Phi) is 7.72. The number of phenolic OH excluding ortho intramolecular Hbond substituents is 1.